The molecule has 7 heteroatoms. The van der Waals surface area contributed by atoms with Gasteiger partial charge in [-0.3, -0.25) is 0 Å². The number of hydrogen-bond acceptors (Lipinski definition) is 4. The van der Waals surface area contributed by atoms with Gasteiger partial charge in [-0.15, -0.1) is 0 Å². The molecule has 21 heavy (non-hydrogen) atoms. The number of nitrogens with zero attached hydrogens (tertiary/aromatic N) is 1. The summed E-state index contributed by atoms with van der Waals surface area (Å²) in [5.41, 5.74) is 0.396. The summed E-state index contributed by atoms with van der Waals surface area (Å²) >= 11 is 11.8. The van der Waals surface area contributed by atoms with Gasteiger partial charge in [0.25, 0.3) is 0 Å². The first kappa shape index (κ1) is 15.5. The summed E-state index contributed by atoms with van der Waals surface area (Å²) < 4.78 is 23.5. The molecule has 2 rings (SSSR count). The maximum absolute atomic E-state index is 13.6. The molecule has 0 bridgehead atoms. The van der Waals surface area contributed by atoms with E-state index in [1.807, 2.05) is 0 Å². The molecule has 0 amide bonds. The van der Waals surface area contributed by atoms with Crippen LogP contribution < -0.4 is 4.74 Å². The van der Waals surface area contributed by atoms with E-state index in [1.165, 1.54) is 31.5 Å². The quantitative estimate of drug-likeness (QED) is 0.798. The highest BCUT2D eigenvalue weighted by molar-refractivity contribution is 6.32. The van der Waals surface area contributed by atoms with Gasteiger partial charge in [-0.05, 0) is 18.2 Å². The van der Waals surface area contributed by atoms with Crippen molar-refractivity contribution in [1.29, 1.82) is 0 Å². The summed E-state index contributed by atoms with van der Waals surface area (Å²) in [5, 5.41) is 0.364. The molecule has 0 aliphatic carbocycles. The molecule has 0 radical (unpaired) electrons. The van der Waals surface area contributed by atoms with E-state index in [1.54, 1.807) is 6.07 Å². The molecule has 110 valence electrons. The summed E-state index contributed by atoms with van der Waals surface area (Å²) in [7, 11) is 1.25. The Morgan fingerprint density at radius 3 is 2.71 bits per heavy atom. The highest BCUT2D eigenvalue weighted by atomic mass is 35.5. The molecule has 0 unspecified atom stereocenters. The monoisotopic (exact) mass is 329 g/mol. The predicted molar refractivity (Wildman–Crippen MR) is 76.3 cm³/mol. The Morgan fingerprint density at radius 1 is 1.33 bits per heavy atom. The highest BCUT2D eigenvalue weighted by Crippen LogP contribution is 2.26. The van der Waals surface area contributed by atoms with Crippen molar-refractivity contribution < 1.29 is 18.7 Å². The van der Waals surface area contributed by atoms with Crippen LogP contribution in [0.1, 0.15) is 15.9 Å². The number of aromatic nitrogens is 1. The molecule has 0 saturated carbocycles. The molecular weight excluding hydrogens is 320 g/mol. The summed E-state index contributed by atoms with van der Waals surface area (Å²) in [6.07, 6.45) is 1.26. The van der Waals surface area contributed by atoms with E-state index < -0.39 is 11.8 Å². The Morgan fingerprint density at radius 2 is 2.10 bits per heavy atom. The number of carbonyl (C=O) groups is 1. The predicted octanol–water partition coefficient (Wildman–Crippen LogP) is 3.89. The van der Waals surface area contributed by atoms with Crippen LogP contribution in [0.3, 0.4) is 0 Å². The fourth-order valence-corrected chi connectivity index (χ4v) is 2.01. The third-order valence-corrected chi connectivity index (χ3v) is 3.27. The second kappa shape index (κ2) is 6.74. The van der Waals surface area contributed by atoms with Gasteiger partial charge in [-0.2, -0.15) is 0 Å². The molecule has 1 heterocycles. The van der Waals surface area contributed by atoms with E-state index in [9.17, 15) is 9.18 Å². The van der Waals surface area contributed by atoms with Gasteiger partial charge >= 0.3 is 5.97 Å². The maximum Gasteiger partial charge on any atom is 0.339 e. The lowest BCUT2D eigenvalue weighted by molar-refractivity contribution is 0.0600. The van der Waals surface area contributed by atoms with Crippen molar-refractivity contribution in [2.24, 2.45) is 0 Å². The van der Waals surface area contributed by atoms with Crippen molar-refractivity contribution >= 4 is 29.2 Å². The molecule has 1 aromatic carbocycles. The van der Waals surface area contributed by atoms with E-state index in [4.69, 9.17) is 27.9 Å². The number of methoxy groups -OCH3 is 1. The summed E-state index contributed by atoms with van der Waals surface area (Å²) in [5.74, 6) is -0.971. The van der Waals surface area contributed by atoms with Crippen LogP contribution in [0.5, 0.6) is 5.88 Å². The van der Waals surface area contributed by atoms with Crippen molar-refractivity contribution in [2.75, 3.05) is 7.11 Å². The summed E-state index contributed by atoms with van der Waals surface area (Å²) in [6.45, 7) is -0.129. The minimum atomic E-state index is -0.562. The van der Waals surface area contributed by atoms with Crippen LogP contribution in [0.2, 0.25) is 10.0 Å². The van der Waals surface area contributed by atoms with Crippen LogP contribution in [0.4, 0.5) is 4.39 Å². The number of benzene rings is 1. The van der Waals surface area contributed by atoms with Crippen LogP contribution >= 0.6 is 23.2 Å². The third kappa shape index (κ3) is 3.62. The number of pyridine rings is 1. The van der Waals surface area contributed by atoms with Gasteiger partial charge in [0.1, 0.15) is 17.4 Å². The first-order valence-corrected chi connectivity index (χ1v) is 6.58. The van der Waals surface area contributed by atoms with E-state index in [0.29, 0.717) is 0 Å². The molecule has 2 aromatic rings. The van der Waals surface area contributed by atoms with Gasteiger partial charge in [0.15, 0.2) is 0 Å². The smallest absolute Gasteiger partial charge is 0.339 e. The average molecular weight is 330 g/mol. The maximum atomic E-state index is 13.6. The lowest BCUT2D eigenvalue weighted by Gasteiger charge is -2.09. The average Bonchev–Trinajstić information content (AvgIpc) is 2.47. The van der Waals surface area contributed by atoms with E-state index in [2.05, 4.69) is 9.72 Å². The highest BCUT2D eigenvalue weighted by Gasteiger charge is 2.13. The van der Waals surface area contributed by atoms with E-state index in [0.717, 1.165) is 0 Å². The largest absolute Gasteiger partial charge is 0.472 e. The first-order chi connectivity index (χ1) is 10.0. The minimum absolute atomic E-state index is 0.0728. The van der Waals surface area contributed by atoms with Gasteiger partial charge < -0.3 is 9.47 Å². The van der Waals surface area contributed by atoms with Gasteiger partial charge in [0.05, 0.1) is 17.7 Å². The number of halogens is 3. The lowest BCUT2D eigenvalue weighted by Crippen LogP contribution is -2.04. The molecule has 0 saturated heterocycles. The fraction of sp³-hybridized carbons (Fsp3) is 0.143. The Kier molecular flexibility index (Phi) is 4.98. The molecule has 0 N–H and O–H groups in total. The van der Waals surface area contributed by atoms with Crippen molar-refractivity contribution in [2.45, 2.75) is 6.61 Å². The van der Waals surface area contributed by atoms with E-state index in [-0.39, 0.29) is 33.7 Å². The topological polar surface area (TPSA) is 48.4 Å². The Hall–Kier alpha value is -1.85. The summed E-state index contributed by atoms with van der Waals surface area (Å²) in [6, 6.07) is 5.69. The fourth-order valence-electron chi connectivity index (χ4n) is 1.57. The SMILES string of the molecule is COC(=O)c1cnc(OCc2c(F)cccc2Cl)c(Cl)c1. The van der Waals surface area contributed by atoms with Crippen LogP contribution in [0.25, 0.3) is 0 Å². The van der Waals surface area contributed by atoms with Crippen LogP contribution in [-0.2, 0) is 11.3 Å². The van der Waals surface area contributed by atoms with Crippen molar-refractivity contribution in [1.82, 2.24) is 4.98 Å². The van der Waals surface area contributed by atoms with Crippen molar-refractivity contribution in [3.63, 3.8) is 0 Å². The zero-order valence-corrected chi connectivity index (χ0v) is 12.4. The van der Waals surface area contributed by atoms with Gasteiger partial charge in [0, 0.05) is 11.8 Å². The Balaban J connectivity index is 2.16. The second-order valence-corrected chi connectivity index (χ2v) is 4.81. The molecule has 4 nitrogen and oxygen atoms in total. The normalized spacial score (nSPS) is 10.3. The third-order valence-electron chi connectivity index (χ3n) is 2.64. The number of hydrogen-bond donors (Lipinski definition) is 0. The van der Waals surface area contributed by atoms with Crippen LogP contribution in [-0.4, -0.2) is 18.1 Å². The molecule has 0 fully saturated rings. The molecule has 0 spiro atoms. The molecule has 0 aliphatic rings. The molecule has 0 aliphatic heterocycles. The number of esters is 1. The van der Waals surface area contributed by atoms with Gasteiger partial charge in [-0.1, -0.05) is 29.3 Å². The summed E-state index contributed by atoms with van der Waals surface area (Å²) in [4.78, 5) is 15.2. The zero-order valence-electron chi connectivity index (χ0n) is 10.9. The first-order valence-electron chi connectivity index (χ1n) is 5.82. The lowest BCUT2D eigenvalue weighted by atomic mass is 10.2. The van der Waals surface area contributed by atoms with Crippen LogP contribution in [0, 0.1) is 5.82 Å². The Bertz CT molecular complexity index is 659. The zero-order chi connectivity index (χ0) is 15.4. The van der Waals surface area contributed by atoms with Gasteiger partial charge in [-0.25, -0.2) is 14.2 Å². The molecule has 0 atom stereocenters. The number of ether oxygens (including phenoxy) is 2. The molecular formula is C14H10Cl2FNO3. The van der Waals surface area contributed by atoms with Crippen molar-refractivity contribution in [3.05, 3.63) is 57.5 Å². The minimum Gasteiger partial charge on any atom is -0.472 e. The van der Waals surface area contributed by atoms with E-state index >= 15 is 0 Å². The van der Waals surface area contributed by atoms with Gasteiger partial charge in [0.2, 0.25) is 5.88 Å². The molecule has 1 aromatic heterocycles. The number of rotatable bonds is 4. The Labute approximate surface area is 130 Å². The second-order valence-electron chi connectivity index (χ2n) is 3.99. The number of carbonyl (C=O) groups excluding carboxylic acids is 1. The standard InChI is InChI=1S/C14H10Cl2FNO3/c1-20-14(19)8-5-11(16)13(18-6-8)21-7-9-10(15)3-2-4-12(9)17/h2-6H,7H2,1H3. The van der Waals surface area contributed by atoms with Crippen molar-refractivity contribution in [3.8, 4) is 5.88 Å². The van der Waals surface area contributed by atoms with Crippen LogP contribution in [0.15, 0.2) is 30.5 Å².